The number of benzene rings is 1. The molecule has 1 N–H and O–H groups in total. The van der Waals surface area contributed by atoms with Crippen molar-refractivity contribution >= 4 is 17.6 Å². The molecule has 1 aromatic heterocycles. The van der Waals surface area contributed by atoms with Crippen molar-refractivity contribution in [2.75, 3.05) is 13.2 Å². The summed E-state index contributed by atoms with van der Waals surface area (Å²) in [7, 11) is 0. The highest BCUT2D eigenvalue weighted by Crippen LogP contribution is 2.51. The van der Waals surface area contributed by atoms with E-state index in [4.69, 9.17) is 30.7 Å². The van der Waals surface area contributed by atoms with Crippen LogP contribution in [0.25, 0.3) is 11.3 Å². The Balaban J connectivity index is 1.71. The molecule has 0 bridgehead atoms. The predicted octanol–water partition coefficient (Wildman–Crippen LogP) is 3.24. The van der Waals surface area contributed by atoms with Crippen molar-refractivity contribution in [3.8, 4) is 22.8 Å². The van der Waals surface area contributed by atoms with Crippen LogP contribution >= 0.6 is 11.6 Å². The van der Waals surface area contributed by atoms with Crippen LogP contribution in [0.4, 0.5) is 0 Å². The van der Waals surface area contributed by atoms with E-state index in [1.165, 1.54) is 6.07 Å². The Morgan fingerprint density at radius 3 is 2.68 bits per heavy atom. The summed E-state index contributed by atoms with van der Waals surface area (Å²) >= 11 is 6.27. The Hall–Kier alpha value is -2.21. The molecule has 0 atom stereocenters. The zero-order valence-electron chi connectivity index (χ0n) is 11.5. The molecule has 4 rings (SSSR count). The van der Waals surface area contributed by atoms with E-state index in [2.05, 4.69) is 5.16 Å². The highest BCUT2D eigenvalue weighted by atomic mass is 35.5. The second kappa shape index (κ2) is 4.64. The minimum absolute atomic E-state index is 0.116. The van der Waals surface area contributed by atoms with Gasteiger partial charge in [-0.3, -0.25) is 0 Å². The molecule has 0 amide bonds. The largest absolute Gasteiger partial charge is 0.489 e. The molecule has 2 aromatic rings. The molecule has 1 aliphatic heterocycles. The van der Waals surface area contributed by atoms with E-state index in [1.807, 2.05) is 0 Å². The first kappa shape index (κ1) is 13.5. The molecular formula is C15H12ClNO5. The zero-order chi connectivity index (χ0) is 15.3. The van der Waals surface area contributed by atoms with Crippen LogP contribution in [0.2, 0.25) is 5.02 Å². The number of carboxylic acid groups (broad SMARTS) is 1. The van der Waals surface area contributed by atoms with Crippen LogP contribution in [0.1, 0.15) is 23.3 Å². The number of fused-ring (bicyclic) bond motifs is 1. The van der Waals surface area contributed by atoms with Crippen LogP contribution in [0.3, 0.4) is 0 Å². The van der Waals surface area contributed by atoms with E-state index >= 15 is 0 Å². The van der Waals surface area contributed by atoms with Gasteiger partial charge in [-0.15, -0.1) is 0 Å². The SMILES string of the molecule is O=C(O)c1cc(-c2cc(Cl)c3c(c2)OCC2(CC2)CO3)on1. The number of aromatic carboxylic acids is 1. The summed E-state index contributed by atoms with van der Waals surface area (Å²) in [6.07, 6.45) is 2.19. The van der Waals surface area contributed by atoms with E-state index in [0.29, 0.717) is 41.1 Å². The van der Waals surface area contributed by atoms with Gasteiger partial charge in [0.25, 0.3) is 0 Å². The molecule has 1 aliphatic carbocycles. The second-order valence-electron chi connectivity index (χ2n) is 5.74. The maximum Gasteiger partial charge on any atom is 0.358 e. The van der Waals surface area contributed by atoms with E-state index in [0.717, 1.165) is 12.8 Å². The number of ether oxygens (including phenoxy) is 2. The fraction of sp³-hybridized carbons (Fsp3) is 0.333. The third-order valence-corrected chi connectivity index (χ3v) is 4.32. The van der Waals surface area contributed by atoms with Gasteiger partial charge in [-0.2, -0.15) is 0 Å². The average molecular weight is 322 g/mol. The van der Waals surface area contributed by atoms with E-state index in [1.54, 1.807) is 12.1 Å². The highest BCUT2D eigenvalue weighted by molar-refractivity contribution is 6.32. The monoisotopic (exact) mass is 321 g/mol. The third-order valence-electron chi connectivity index (χ3n) is 4.04. The summed E-state index contributed by atoms with van der Waals surface area (Å²) in [5.74, 6) is 0.230. The predicted molar refractivity (Wildman–Crippen MR) is 76.6 cm³/mol. The van der Waals surface area contributed by atoms with Gasteiger partial charge in [0.05, 0.1) is 18.2 Å². The van der Waals surface area contributed by atoms with E-state index in [9.17, 15) is 4.79 Å². The quantitative estimate of drug-likeness (QED) is 0.914. The Morgan fingerprint density at radius 2 is 2.00 bits per heavy atom. The molecule has 1 saturated carbocycles. The number of carboxylic acids is 1. The fourth-order valence-electron chi connectivity index (χ4n) is 2.43. The van der Waals surface area contributed by atoms with Gasteiger partial charge in [-0.25, -0.2) is 4.79 Å². The molecule has 22 heavy (non-hydrogen) atoms. The Kier molecular flexibility index (Phi) is 2.84. The number of carbonyl (C=O) groups is 1. The number of halogens is 1. The van der Waals surface area contributed by atoms with Crippen LogP contribution in [0, 0.1) is 5.41 Å². The summed E-state index contributed by atoms with van der Waals surface area (Å²) in [4.78, 5) is 10.9. The maximum atomic E-state index is 10.9. The normalized spacial score (nSPS) is 18.0. The van der Waals surface area contributed by atoms with Crippen molar-refractivity contribution in [3.63, 3.8) is 0 Å². The van der Waals surface area contributed by atoms with Gasteiger partial charge in [0.15, 0.2) is 23.0 Å². The second-order valence-corrected chi connectivity index (χ2v) is 6.15. The van der Waals surface area contributed by atoms with Gasteiger partial charge in [-0.1, -0.05) is 16.8 Å². The molecule has 2 heterocycles. The number of rotatable bonds is 2. The van der Waals surface area contributed by atoms with Crippen molar-refractivity contribution in [1.29, 1.82) is 0 Å². The lowest BCUT2D eigenvalue weighted by atomic mass is 10.1. The maximum absolute atomic E-state index is 10.9. The fourth-order valence-corrected chi connectivity index (χ4v) is 2.70. The van der Waals surface area contributed by atoms with Gasteiger partial charge in [0, 0.05) is 17.0 Å². The Labute approximate surface area is 130 Å². The number of aromatic nitrogens is 1. The number of hydrogen-bond donors (Lipinski definition) is 1. The number of nitrogens with zero attached hydrogens (tertiary/aromatic N) is 1. The molecule has 6 nitrogen and oxygen atoms in total. The summed E-state index contributed by atoms with van der Waals surface area (Å²) < 4.78 is 16.7. The summed E-state index contributed by atoms with van der Waals surface area (Å²) in [6, 6.07) is 4.73. The van der Waals surface area contributed by atoms with Crippen molar-refractivity contribution in [1.82, 2.24) is 5.16 Å². The molecule has 1 spiro atoms. The van der Waals surface area contributed by atoms with Gasteiger partial charge < -0.3 is 19.1 Å². The lowest BCUT2D eigenvalue weighted by molar-refractivity contribution is 0.0686. The lowest BCUT2D eigenvalue weighted by Crippen LogP contribution is -2.17. The Bertz CT molecular complexity index is 765. The van der Waals surface area contributed by atoms with Crippen LogP contribution in [-0.2, 0) is 0 Å². The molecule has 0 unspecified atom stereocenters. The van der Waals surface area contributed by atoms with Gasteiger partial charge in [0.2, 0.25) is 0 Å². The molecule has 1 aromatic carbocycles. The molecular weight excluding hydrogens is 310 g/mol. The molecule has 2 aliphatic rings. The summed E-state index contributed by atoms with van der Waals surface area (Å²) in [5, 5.41) is 12.8. The smallest absolute Gasteiger partial charge is 0.358 e. The van der Waals surface area contributed by atoms with Crippen molar-refractivity contribution in [2.24, 2.45) is 5.41 Å². The summed E-state index contributed by atoms with van der Waals surface area (Å²) in [6.45, 7) is 1.20. The van der Waals surface area contributed by atoms with Crippen molar-refractivity contribution in [2.45, 2.75) is 12.8 Å². The minimum Gasteiger partial charge on any atom is -0.489 e. The zero-order valence-corrected chi connectivity index (χ0v) is 12.2. The number of hydrogen-bond acceptors (Lipinski definition) is 5. The highest BCUT2D eigenvalue weighted by Gasteiger charge is 2.46. The molecule has 114 valence electrons. The van der Waals surface area contributed by atoms with Crippen LogP contribution in [-0.4, -0.2) is 29.4 Å². The first-order valence-electron chi connectivity index (χ1n) is 6.86. The van der Waals surface area contributed by atoms with Crippen molar-refractivity contribution < 1.29 is 23.9 Å². The molecule has 1 fully saturated rings. The van der Waals surface area contributed by atoms with E-state index < -0.39 is 5.97 Å². The van der Waals surface area contributed by atoms with Crippen molar-refractivity contribution in [3.05, 3.63) is 28.9 Å². The lowest BCUT2D eigenvalue weighted by Gasteiger charge is -2.10. The van der Waals surface area contributed by atoms with Crippen LogP contribution in [0.15, 0.2) is 22.7 Å². The summed E-state index contributed by atoms with van der Waals surface area (Å²) in [5.41, 5.74) is 0.555. The van der Waals surface area contributed by atoms with Gasteiger partial charge in [0.1, 0.15) is 0 Å². The molecule has 0 saturated heterocycles. The topological polar surface area (TPSA) is 81.8 Å². The van der Waals surface area contributed by atoms with Gasteiger partial charge in [-0.05, 0) is 25.0 Å². The van der Waals surface area contributed by atoms with Gasteiger partial charge >= 0.3 is 5.97 Å². The average Bonchev–Trinajstić information content (AvgIpc) is 3.13. The third kappa shape index (κ3) is 2.20. The molecule has 0 radical (unpaired) electrons. The minimum atomic E-state index is -1.15. The van der Waals surface area contributed by atoms with Crippen LogP contribution in [0.5, 0.6) is 11.5 Å². The van der Waals surface area contributed by atoms with Crippen LogP contribution < -0.4 is 9.47 Å². The standard InChI is InChI=1S/C15H12ClNO5/c16-9-3-8(11-5-10(14(18)19)17-22-11)4-12-13(9)21-7-15(1-2-15)6-20-12/h3-5H,1-2,6-7H2,(H,18,19). The van der Waals surface area contributed by atoms with E-state index in [-0.39, 0.29) is 11.1 Å². The Morgan fingerprint density at radius 1 is 1.23 bits per heavy atom. The first-order chi connectivity index (χ1) is 10.6. The molecule has 7 heteroatoms. The first-order valence-corrected chi connectivity index (χ1v) is 7.24.